The Morgan fingerprint density at radius 3 is 2.62 bits per heavy atom. The topological polar surface area (TPSA) is 105 Å². The van der Waals surface area contributed by atoms with E-state index in [-0.39, 0.29) is 11.4 Å². The molecule has 0 aliphatic rings. The highest BCUT2D eigenvalue weighted by atomic mass is 32.2. The third-order valence-electron chi connectivity index (χ3n) is 4.01. The molecule has 0 spiro atoms. The molecule has 0 aliphatic heterocycles. The molecular weight excluding hydrogens is 390 g/mol. The van der Waals surface area contributed by atoms with Crippen LogP contribution >= 0.6 is 0 Å². The fraction of sp³-hybridized carbons (Fsp3) is 0.400. The van der Waals surface area contributed by atoms with Crippen LogP contribution in [0.1, 0.15) is 12.5 Å². The predicted molar refractivity (Wildman–Crippen MR) is 114 cm³/mol. The first kappa shape index (κ1) is 22.8. The van der Waals surface area contributed by atoms with Crippen LogP contribution in [-0.2, 0) is 21.4 Å². The lowest BCUT2D eigenvalue weighted by Gasteiger charge is -2.16. The molecule has 0 amide bonds. The number of benzene rings is 1. The Kier molecular flexibility index (Phi) is 9.55. The Morgan fingerprint density at radius 2 is 1.93 bits per heavy atom. The highest BCUT2D eigenvalue weighted by Gasteiger charge is 2.12. The lowest BCUT2D eigenvalue weighted by atomic mass is 10.2. The van der Waals surface area contributed by atoms with E-state index in [0.29, 0.717) is 38.2 Å². The van der Waals surface area contributed by atoms with Crippen molar-refractivity contribution in [1.29, 1.82) is 0 Å². The molecule has 0 aliphatic carbocycles. The van der Waals surface area contributed by atoms with Crippen molar-refractivity contribution in [1.82, 2.24) is 20.3 Å². The van der Waals surface area contributed by atoms with E-state index in [2.05, 4.69) is 32.3 Å². The molecule has 158 valence electrons. The van der Waals surface area contributed by atoms with Crippen LogP contribution in [0.4, 0.5) is 0 Å². The summed E-state index contributed by atoms with van der Waals surface area (Å²) in [6, 6.07) is 13.1. The van der Waals surface area contributed by atoms with Gasteiger partial charge in [-0.1, -0.05) is 37.3 Å². The molecule has 8 nitrogen and oxygen atoms in total. The quantitative estimate of drug-likeness (QED) is 0.289. The molecule has 9 heteroatoms. The lowest BCUT2D eigenvalue weighted by Crippen LogP contribution is -2.43. The smallest absolute Gasteiger partial charge is 0.242 e. The number of aliphatic imine (C=N–C) groups is 1. The van der Waals surface area contributed by atoms with Crippen molar-refractivity contribution in [2.45, 2.75) is 18.4 Å². The van der Waals surface area contributed by atoms with E-state index < -0.39 is 10.0 Å². The average Bonchev–Trinajstić information content (AvgIpc) is 2.74. The molecule has 0 saturated heterocycles. The number of pyridine rings is 1. The average molecular weight is 420 g/mol. The standard InChI is InChI=1S/C20H29N5O3S/c1-17(15-28-16-18-7-4-3-5-8-18)13-24-20(21-2)23-11-12-25-29(26,27)19-9-6-10-22-14-19/h3-10,14,17,25H,11-13,15-16H2,1-2H3,(H2,21,23,24). The zero-order valence-corrected chi connectivity index (χ0v) is 17.7. The van der Waals surface area contributed by atoms with Crippen LogP contribution in [0.5, 0.6) is 0 Å². The molecule has 1 atom stereocenters. The molecule has 1 unspecified atom stereocenters. The SMILES string of the molecule is CN=C(NCCNS(=O)(=O)c1cccnc1)NCC(C)COCc1ccccc1. The Morgan fingerprint density at radius 1 is 1.14 bits per heavy atom. The maximum atomic E-state index is 12.1. The molecule has 0 bridgehead atoms. The summed E-state index contributed by atoms with van der Waals surface area (Å²) in [5, 5.41) is 6.31. The van der Waals surface area contributed by atoms with E-state index >= 15 is 0 Å². The number of guanidine groups is 1. The van der Waals surface area contributed by atoms with Gasteiger partial charge in [0.05, 0.1) is 13.2 Å². The van der Waals surface area contributed by atoms with Crippen LogP contribution in [-0.4, -0.2) is 52.7 Å². The van der Waals surface area contributed by atoms with Crippen molar-refractivity contribution in [3.8, 4) is 0 Å². The summed E-state index contributed by atoms with van der Waals surface area (Å²) in [5.41, 5.74) is 1.15. The van der Waals surface area contributed by atoms with E-state index in [9.17, 15) is 8.42 Å². The number of aromatic nitrogens is 1. The Balaban J connectivity index is 1.62. The summed E-state index contributed by atoms with van der Waals surface area (Å²) in [5.74, 6) is 0.904. The van der Waals surface area contributed by atoms with E-state index in [0.717, 1.165) is 5.56 Å². The number of nitrogens with one attached hydrogen (secondary N) is 3. The van der Waals surface area contributed by atoms with Crippen LogP contribution in [0.2, 0.25) is 0 Å². The van der Waals surface area contributed by atoms with Crippen LogP contribution in [0.15, 0.2) is 64.7 Å². The minimum atomic E-state index is -3.55. The number of hydrogen-bond acceptors (Lipinski definition) is 5. The maximum Gasteiger partial charge on any atom is 0.242 e. The minimum Gasteiger partial charge on any atom is -0.376 e. The van der Waals surface area contributed by atoms with Crippen LogP contribution < -0.4 is 15.4 Å². The molecule has 29 heavy (non-hydrogen) atoms. The van der Waals surface area contributed by atoms with Gasteiger partial charge < -0.3 is 15.4 Å². The molecule has 2 rings (SSSR count). The maximum absolute atomic E-state index is 12.1. The first-order chi connectivity index (χ1) is 14.0. The Labute approximate surface area is 172 Å². The molecule has 3 N–H and O–H groups in total. The van der Waals surface area contributed by atoms with Gasteiger partial charge in [0.2, 0.25) is 10.0 Å². The second kappa shape index (κ2) is 12.2. The summed E-state index contributed by atoms with van der Waals surface area (Å²) in [6.07, 6.45) is 2.85. The van der Waals surface area contributed by atoms with Gasteiger partial charge in [-0.25, -0.2) is 13.1 Å². The summed E-state index contributed by atoms with van der Waals surface area (Å²) in [6.45, 7) is 4.63. The number of ether oxygens (including phenoxy) is 1. The molecule has 1 aromatic carbocycles. The van der Waals surface area contributed by atoms with Gasteiger partial charge in [0.25, 0.3) is 0 Å². The third kappa shape index (κ3) is 8.59. The zero-order valence-electron chi connectivity index (χ0n) is 16.8. The normalized spacial score (nSPS) is 13.1. The molecule has 1 aromatic heterocycles. The lowest BCUT2D eigenvalue weighted by molar-refractivity contribution is 0.0931. The van der Waals surface area contributed by atoms with Gasteiger partial charge in [-0.3, -0.25) is 9.98 Å². The molecular formula is C20H29N5O3S. The van der Waals surface area contributed by atoms with Gasteiger partial charge in [-0.05, 0) is 23.6 Å². The van der Waals surface area contributed by atoms with Crippen molar-refractivity contribution in [2.24, 2.45) is 10.9 Å². The van der Waals surface area contributed by atoms with Gasteiger partial charge in [-0.2, -0.15) is 0 Å². The van der Waals surface area contributed by atoms with Crippen LogP contribution in [0.25, 0.3) is 0 Å². The van der Waals surface area contributed by atoms with Crippen molar-refractivity contribution in [2.75, 3.05) is 33.3 Å². The second-order valence-corrected chi connectivity index (χ2v) is 8.34. The highest BCUT2D eigenvalue weighted by molar-refractivity contribution is 7.89. The second-order valence-electron chi connectivity index (χ2n) is 6.57. The Hall–Kier alpha value is -2.49. The largest absolute Gasteiger partial charge is 0.376 e. The fourth-order valence-corrected chi connectivity index (χ4v) is 3.45. The summed E-state index contributed by atoms with van der Waals surface area (Å²) >= 11 is 0. The van der Waals surface area contributed by atoms with Gasteiger partial charge in [0, 0.05) is 39.1 Å². The molecule has 0 saturated carbocycles. The summed E-state index contributed by atoms with van der Waals surface area (Å²) in [7, 11) is -1.88. The first-order valence-corrected chi connectivity index (χ1v) is 11.0. The summed E-state index contributed by atoms with van der Waals surface area (Å²) in [4.78, 5) is 8.12. The number of sulfonamides is 1. The zero-order chi connectivity index (χ0) is 21.0. The van der Waals surface area contributed by atoms with Crippen LogP contribution in [0, 0.1) is 5.92 Å². The van der Waals surface area contributed by atoms with Gasteiger partial charge in [0.15, 0.2) is 5.96 Å². The molecule has 2 aromatic rings. The highest BCUT2D eigenvalue weighted by Crippen LogP contribution is 2.04. The van der Waals surface area contributed by atoms with Crippen molar-refractivity contribution in [3.63, 3.8) is 0 Å². The third-order valence-corrected chi connectivity index (χ3v) is 5.46. The monoisotopic (exact) mass is 419 g/mol. The minimum absolute atomic E-state index is 0.145. The predicted octanol–water partition coefficient (Wildman–Crippen LogP) is 1.38. The van der Waals surface area contributed by atoms with E-state index in [4.69, 9.17) is 4.74 Å². The number of nitrogens with zero attached hydrogens (tertiary/aromatic N) is 2. The van der Waals surface area contributed by atoms with Crippen molar-refractivity contribution in [3.05, 3.63) is 60.4 Å². The van der Waals surface area contributed by atoms with Gasteiger partial charge in [-0.15, -0.1) is 0 Å². The van der Waals surface area contributed by atoms with Gasteiger partial charge in [0.1, 0.15) is 4.90 Å². The van der Waals surface area contributed by atoms with E-state index in [1.165, 1.54) is 18.5 Å². The Bertz CT molecular complexity index is 845. The van der Waals surface area contributed by atoms with Crippen molar-refractivity contribution < 1.29 is 13.2 Å². The molecule has 0 radical (unpaired) electrons. The first-order valence-electron chi connectivity index (χ1n) is 9.47. The number of rotatable bonds is 11. The number of hydrogen-bond donors (Lipinski definition) is 3. The summed E-state index contributed by atoms with van der Waals surface area (Å²) < 4.78 is 32.5. The van der Waals surface area contributed by atoms with Gasteiger partial charge >= 0.3 is 0 Å². The van der Waals surface area contributed by atoms with Crippen LogP contribution in [0.3, 0.4) is 0 Å². The van der Waals surface area contributed by atoms with E-state index in [1.54, 1.807) is 13.1 Å². The molecule has 1 heterocycles. The molecule has 0 fully saturated rings. The van der Waals surface area contributed by atoms with Crippen molar-refractivity contribution >= 4 is 16.0 Å². The van der Waals surface area contributed by atoms with E-state index in [1.807, 2.05) is 30.3 Å². The fourth-order valence-electron chi connectivity index (χ4n) is 2.46.